The van der Waals surface area contributed by atoms with E-state index in [1.54, 1.807) is 11.1 Å². The molecular weight excluding hydrogens is 238 g/mol. The number of piperidine rings is 1. The van der Waals surface area contributed by atoms with Crippen LogP contribution in [0.3, 0.4) is 0 Å². The van der Waals surface area contributed by atoms with Gasteiger partial charge in [-0.15, -0.1) is 0 Å². The molecule has 0 spiro atoms. The predicted octanol–water partition coefficient (Wildman–Crippen LogP) is 0.115. The lowest BCUT2D eigenvalue weighted by Crippen LogP contribution is -2.41. The summed E-state index contributed by atoms with van der Waals surface area (Å²) >= 11 is 0. The van der Waals surface area contributed by atoms with Crippen molar-refractivity contribution < 1.29 is 19.4 Å². The summed E-state index contributed by atoms with van der Waals surface area (Å²) in [5.74, 6) is -1.02. The number of likely N-dealkylation sites (tertiary alicyclic amines) is 1. The molecule has 2 rings (SSSR count). The van der Waals surface area contributed by atoms with Crippen LogP contribution in [0.15, 0.2) is 12.4 Å². The van der Waals surface area contributed by atoms with Gasteiger partial charge in [0, 0.05) is 19.3 Å². The van der Waals surface area contributed by atoms with E-state index in [1.807, 2.05) is 0 Å². The zero-order chi connectivity index (χ0) is 13.0. The fourth-order valence-corrected chi connectivity index (χ4v) is 1.97. The van der Waals surface area contributed by atoms with Gasteiger partial charge in [-0.1, -0.05) is 0 Å². The van der Waals surface area contributed by atoms with E-state index in [1.165, 1.54) is 6.20 Å². The Morgan fingerprint density at radius 1 is 1.50 bits per heavy atom. The SMILES string of the molecule is O=C(O)COC1CCN(C(=O)c2cn[nH]c2)CC1. The van der Waals surface area contributed by atoms with Crippen LogP contribution in [-0.4, -0.2) is 57.9 Å². The summed E-state index contributed by atoms with van der Waals surface area (Å²) in [4.78, 5) is 24.1. The number of carbonyl (C=O) groups excluding carboxylic acids is 1. The number of H-pyrrole nitrogens is 1. The normalized spacial score (nSPS) is 16.8. The fourth-order valence-electron chi connectivity index (χ4n) is 1.97. The molecule has 0 bridgehead atoms. The molecule has 0 radical (unpaired) electrons. The van der Waals surface area contributed by atoms with Crippen LogP contribution in [0.2, 0.25) is 0 Å². The van der Waals surface area contributed by atoms with E-state index in [4.69, 9.17) is 9.84 Å². The second-order valence-corrected chi connectivity index (χ2v) is 4.18. The van der Waals surface area contributed by atoms with Gasteiger partial charge in [-0.05, 0) is 12.8 Å². The van der Waals surface area contributed by atoms with Gasteiger partial charge < -0.3 is 14.7 Å². The Labute approximate surface area is 104 Å². The van der Waals surface area contributed by atoms with Crippen molar-refractivity contribution in [2.24, 2.45) is 0 Å². The first-order valence-electron chi connectivity index (χ1n) is 5.78. The van der Waals surface area contributed by atoms with Crippen molar-refractivity contribution in [1.29, 1.82) is 0 Å². The van der Waals surface area contributed by atoms with Crippen LogP contribution in [0.5, 0.6) is 0 Å². The zero-order valence-corrected chi connectivity index (χ0v) is 9.83. The number of carboxylic acid groups (broad SMARTS) is 1. The Kier molecular flexibility index (Phi) is 3.93. The van der Waals surface area contributed by atoms with Crippen molar-refractivity contribution in [2.75, 3.05) is 19.7 Å². The third-order valence-corrected chi connectivity index (χ3v) is 2.92. The lowest BCUT2D eigenvalue weighted by atomic mass is 10.1. The van der Waals surface area contributed by atoms with Gasteiger partial charge in [0.2, 0.25) is 0 Å². The molecule has 1 aromatic heterocycles. The number of carbonyl (C=O) groups is 2. The fraction of sp³-hybridized carbons (Fsp3) is 0.545. The van der Waals surface area contributed by atoms with Gasteiger partial charge in [0.25, 0.3) is 5.91 Å². The summed E-state index contributed by atoms with van der Waals surface area (Å²) < 4.78 is 5.21. The zero-order valence-electron chi connectivity index (χ0n) is 9.83. The molecule has 98 valence electrons. The largest absolute Gasteiger partial charge is 0.480 e. The highest BCUT2D eigenvalue weighted by molar-refractivity contribution is 5.93. The summed E-state index contributed by atoms with van der Waals surface area (Å²) in [5.41, 5.74) is 0.542. The molecule has 2 N–H and O–H groups in total. The first-order valence-corrected chi connectivity index (χ1v) is 5.78. The first kappa shape index (κ1) is 12.6. The molecule has 0 aromatic carbocycles. The van der Waals surface area contributed by atoms with Crippen LogP contribution in [0.4, 0.5) is 0 Å². The number of amides is 1. The van der Waals surface area contributed by atoms with Gasteiger partial charge in [0.15, 0.2) is 0 Å². The lowest BCUT2D eigenvalue weighted by molar-refractivity contribution is -0.145. The van der Waals surface area contributed by atoms with E-state index >= 15 is 0 Å². The Morgan fingerprint density at radius 2 is 2.22 bits per heavy atom. The molecule has 1 fully saturated rings. The maximum Gasteiger partial charge on any atom is 0.329 e. The molecule has 1 amide bonds. The van der Waals surface area contributed by atoms with Gasteiger partial charge in [-0.3, -0.25) is 9.89 Å². The molecule has 0 saturated carbocycles. The maximum absolute atomic E-state index is 12.0. The molecule has 1 aliphatic heterocycles. The smallest absolute Gasteiger partial charge is 0.329 e. The van der Waals surface area contributed by atoms with Gasteiger partial charge in [-0.2, -0.15) is 5.10 Å². The average molecular weight is 253 g/mol. The highest BCUT2D eigenvalue weighted by atomic mass is 16.5. The minimum Gasteiger partial charge on any atom is -0.480 e. The highest BCUT2D eigenvalue weighted by Gasteiger charge is 2.24. The van der Waals surface area contributed by atoms with Crippen molar-refractivity contribution in [3.05, 3.63) is 18.0 Å². The monoisotopic (exact) mass is 253 g/mol. The van der Waals surface area contributed by atoms with Gasteiger partial charge in [0.05, 0.1) is 17.9 Å². The number of ether oxygens (including phenoxy) is 1. The van der Waals surface area contributed by atoms with Crippen LogP contribution >= 0.6 is 0 Å². The number of aromatic nitrogens is 2. The topological polar surface area (TPSA) is 95.5 Å². The summed E-state index contributed by atoms with van der Waals surface area (Å²) in [7, 11) is 0. The second kappa shape index (κ2) is 5.63. The van der Waals surface area contributed by atoms with Crippen molar-refractivity contribution in [1.82, 2.24) is 15.1 Å². The van der Waals surface area contributed by atoms with Crippen molar-refractivity contribution in [3.8, 4) is 0 Å². The Bertz CT molecular complexity index is 410. The Balaban J connectivity index is 1.80. The van der Waals surface area contributed by atoms with Gasteiger partial charge in [0.1, 0.15) is 6.61 Å². The van der Waals surface area contributed by atoms with Crippen LogP contribution in [0.1, 0.15) is 23.2 Å². The number of carboxylic acids is 1. The molecule has 0 atom stereocenters. The molecule has 18 heavy (non-hydrogen) atoms. The van der Waals surface area contributed by atoms with Crippen LogP contribution in [0.25, 0.3) is 0 Å². The van der Waals surface area contributed by atoms with Crippen LogP contribution in [-0.2, 0) is 9.53 Å². The highest BCUT2D eigenvalue weighted by Crippen LogP contribution is 2.15. The standard InChI is InChI=1S/C11H15N3O4/c15-10(16)7-18-9-1-3-14(4-2-9)11(17)8-5-12-13-6-8/h5-6,9H,1-4,7H2,(H,12,13)(H,15,16). The number of nitrogens with one attached hydrogen (secondary N) is 1. The number of hydrogen-bond donors (Lipinski definition) is 2. The summed E-state index contributed by atoms with van der Waals surface area (Å²) in [6.45, 7) is 0.878. The van der Waals surface area contributed by atoms with E-state index in [2.05, 4.69) is 10.2 Å². The molecule has 1 aromatic rings. The van der Waals surface area contributed by atoms with E-state index in [0.717, 1.165) is 0 Å². The quantitative estimate of drug-likeness (QED) is 0.794. The number of aliphatic carboxylic acids is 1. The number of hydrogen-bond acceptors (Lipinski definition) is 4. The molecule has 0 unspecified atom stereocenters. The summed E-state index contributed by atoms with van der Waals surface area (Å²) in [5, 5.41) is 14.9. The number of rotatable bonds is 4. The van der Waals surface area contributed by atoms with Crippen molar-refractivity contribution >= 4 is 11.9 Å². The summed E-state index contributed by atoms with van der Waals surface area (Å²) in [6, 6.07) is 0. The minimum atomic E-state index is -0.966. The van der Waals surface area contributed by atoms with Gasteiger partial charge in [-0.25, -0.2) is 4.79 Å². The molecular formula is C11H15N3O4. The van der Waals surface area contributed by atoms with E-state index < -0.39 is 5.97 Å². The Hall–Kier alpha value is -1.89. The van der Waals surface area contributed by atoms with Crippen molar-refractivity contribution in [3.63, 3.8) is 0 Å². The first-order chi connectivity index (χ1) is 8.66. The van der Waals surface area contributed by atoms with E-state index in [9.17, 15) is 9.59 Å². The molecule has 0 aliphatic carbocycles. The van der Waals surface area contributed by atoms with E-state index in [-0.39, 0.29) is 18.6 Å². The summed E-state index contributed by atoms with van der Waals surface area (Å²) in [6.07, 6.45) is 4.31. The molecule has 1 aliphatic rings. The van der Waals surface area contributed by atoms with E-state index in [0.29, 0.717) is 31.5 Å². The van der Waals surface area contributed by atoms with Crippen LogP contribution in [0, 0.1) is 0 Å². The molecule has 1 saturated heterocycles. The van der Waals surface area contributed by atoms with Crippen molar-refractivity contribution in [2.45, 2.75) is 18.9 Å². The number of aromatic amines is 1. The van der Waals surface area contributed by atoms with Gasteiger partial charge >= 0.3 is 5.97 Å². The third kappa shape index (κ3) is 3.07. The van der Waals surface area contributed by atoms with Crippen LogP contribution < -0.4 is 0 Å². The molecule has 2 heterocycles. The third-order valence-electron chi connectivity index (χ3n) is 2.92. The maximum atomic E-state index is 12.0. The molecule has 7 heteroatoms. The average Bonchev–Trinajstić information content (AvgIpc) is 2.90. The number of nitrogens with zero attached hydrogens (tertiary/aromatic N) is 2. The predicted molar refractivity (Wildman–Crippen MR) is 61.1 cm³/mol. The lowest BCUT2D eigenvalue weighted by Gasteiger charge is -2.31. The minimum absolute atomic E-state index is 0.0552. The second-order valence-electron chi connectivity index (χ2n) is 4.18. The Morgan fingerprint density at radius 3 is 2.78 bits per heavy atom. The molecule has 7 nitrogen and oxygen atoms in total.